The molecule has 17 heavy (non-hydrogen) atoms. The fourth-order valence-electron chi connectivity index (χ4n) is 1.63. The highest BCUT2D eigenvalue weighted by molar-refractivity contribution is 7.14. The van der Waals surface area contributed by atoms with Crippen LogP contribution in [0.4, 0.5) is 5.13 Å². The van der Waals surface area contributed by atoms with Crippen LogP contribution in [0.15, 0.2) is 32.8 Å². The van der Waals surface area contributed by atoms with E-state index in [0.29, 0.717) is 11.1 Å². The highest BCUT2D eigenvalue weighted by Gasteiger charge is 2.06. The lowest BCUT2D eigenvalue weighted by Gasteiger charge is -1.95. The molecule has 0 bridgehead atoms. The van der Waals surface area contributed by atoms with Crippen molar-refractivity contribution in [2.75, 3.05) is 12.4 Å². The van der Waals surface area contributed by atoms with Gasteiger partial charge in [0, 0.05) is 18.0 Å². The van der Waals surface area contributed by atoms with Crippen LogP contribution < -0.4 is 11.1 Å². The first-order chi connectivity index (χ1) is 8.26. The van der Waals surface area contributed by atoms with Crippen molar-refractivity contribution in [3.8, 4) is 11.3 Å². The number of nitrogens with zero attached hydrogens (tertiary/aromatic N) is 1. The van der Waals surface area contributed by atoms with Gasteiger partial charge in [-0.05, 0) is 18.2 Å². The van der Waals surface area contributed by atoms with Gasteiger partial charge in [0.1, 0.15) is 0 Å². The zero-order chi connectivity index (χ0) is 11.8. The summed E-state index contributed by atoms with van der Waals surface area (Å²) >= 11 is 1.54. The Morgan fingerprint density at radius 1 is 1.47 bits per heavy atom. The first-order valence-corrected chi connectivity index (χ1v) is 5.91. The zero-order valence-corrected chi connectivity index (χ0v) is 9.80. The van der Waals surface area contributed by atoms with E-state index in [0.717, 1.165) is 16.4 Å². The predicted octanol–water partition coefficient (Wildman–Crippen LogP) is 2.29. The normalized spacial score (nSPS) is 10.9. The van der Waals surface area contributed by atoms with Crippen molar-refractivity contribution in [1.82, 2.24) is 9.97 Å². The van der Waals surface area contributed by atoms with Crippen LogP contribution in [0.3, 0.4) is 0 Å². The molecule has 6 heteroatoms. The summed E-state index contributed by atoms with van der Waals surface area (Å²) in [5, 5.41) is 5.81. The van der Waals surface area contributed by atoms with Crippen molar-refractivity contribution in [2.24, 2.45) is 0 Å². The largest absolute Gasteiger partial charge is 0.417 e. The first kappa shape index (κ1) is 10.1. The fourth-order valence-corrected chi connectivity index (χ4v) is 2.31. The van der Waals surface area contributed by atoms with E-state index >= 15 is 0 Å². The summed E-state index contributed by atoms with van der Waals surface area (Å²) in [4.78, 5) is 18.1. The van der Waals surface area contributed by atoms with Gasteiger partial charge < -0.3 is 9.73 Å². The number of rotatable bonds is 2. The van der Waals surface area contributed by atoms with Crippen LogP contribution in [0.2, 0.25) is 0 Å². The average molecular weight is 247 g/mol. The molecule has 2 heterocycles. The van der Waals surface area contributed by atoms with Crippen molar-refractivity contribution in [2.45, 2.75) is 0 Å². The molecule has 0 saturated heterocycles. The molecule has 0 aliphatic heterocycles. The smallest absolute Gasteiger partial charge is 0.408 e. The molecular weight excluding hydrogens is 238 g/mol. The Kier molecular flexibility index (Phi) is 2.22. The minimum atomic E-state index is -0.439. The molecule has 1 aromatic carbocycles. The van der Waals surface area contributed by atoms with E-state index < -0.39 is 5.76 Å². The molecule has 2 N–H and O–H groups in total. The number of thiazole rings is 1. The van der Waals surface area contributed by atoms with E-state index in [4.69, 9.17) is 4.42 Å². The summed E-state index contributed by atoms with van der Waals surface area (Å²) in [7, 11) is 1.83. The number of aromatic nitrogens is 2. The average Bonchev–Trinajstić information content (AvgIpc) is 2.92. The molecule has 2 aromatic heterocycles. The maximum absolute atomic E-state index is 11.0. The lowest BCUT2D eigenvalue weighted by molar-refractivity contribution is 0.555. The van der Waals surface area contributed by atoms with Crippen molar-refractivity contribution in [1.29, 1.82) is 0 Å². The molecule has 86 valence electrons. The van der Waals surface area contributed by atoms with Gasteiger partial charge in [0.25, 0.3) is 0 Å². The second kappa shape index (κ2) is 3.74. The number of hydrogen-bond acceptors (Lipinski definition) is 5. The van der Waals surface area contributed by atoms with Gasteiger partial charge in [-0.2, -0.15) is 0 Å². The summed E-state index contributed by atoms with van der Waals surface area (Å²) in [6.07, 6.45) is 0. The van der Waals surface area contributed by atoms with Gasteiger partial charge in [-0.1, -0.05) is 0 Å². The number of fused-ring (bicyclic) bond motifs is 1. The van der Waals surface area contributed by atoms with E-state index in [1.165, 1.54) is 11.3 Å². The highest BCUT2D eigenvalue weighted by atomic mass is 32.1. The Balaban J connectivity index is 2.13. The maximum Gasteiger partial charge on any atom is 0.417 e. The molecule has 3 aromatic rings. The maximum atomic E-state index is 11.0. The third-order valence-corrected chi connectivity index (χ3v) is 3.29. The second-order valence-corrected chi connectivity index (χ2v) is 4.37. The van der Waals surface area contributed by atoms with Gasteiger partial charge in [-0.15, -0.1) is 11.3 Å². The summed E-state index contributed by atoms with van der Waals surface area (Å²) in [6.45, 7) is 0. The van der Waals surface area contributed by atoms with E-state index in [1.807, 2.05) is 24.6 Å². The minimum absolute atomic E-state index is 0.439. The standard InChI is InChI=1S/C11H9N3O2S/c1-12-10-13-8(5-17-10)6-2-3-9-7(4-6)14-11(15)16-9/h2-5H,1H3,(H,12,13)(H,14,15). The molecule has 0 amide bonds. The SMILES string of the molecule is CNc1nc(-c2ccc3oc(=O)[nH]c3c2)cs1. The molecule has 0 atom stereocenters. The highest BCUT2D eigenvalue weighted by Crippen LogP contribution is 2.26. The van der Waals surface area contributed by atoms with Crippen molar-refractivity contribution >= 4 is 27.6 Å². The summed E-state index contributed by atoms with van der Waals surface area (Å²) in [5.41, 5.74) is 3.07. The number of aromatic amines is 1. The Labute approximate surface area is 100 Å². The molecule has 0 aliphatic rings. The van der Waals surface area contributed by atoms with Crippen LogP contribution in [0, 0.1) is 0 Å². The third-order valence-electron chi connectivity index (χ3n) is 2.43. The van der Waals surface area contributed by atoms with Crippen LogP contribution in [-0.4, -0.2) is 17.0 Å². The summed E-state index contributed by atoms with van der Waals surface area (Å²) < 4.78 is 4.94. The zero-order valence-electron chi connectivity index (χ0n) is 8.98. The van der Waals surface area contributed by atoms with Gasteiger partial charge >= 0.3 is 5.76 Å². The monoisotopic (exact) mass is 247 g/mol. The van der Waals surface area contributed by atoms with Gasteiger partial charge in [-0.3, -0.25) is 4.98 Å². The summed E-state index contributed by atoms with van der Waals surface area (Å²) in [5.74, 6) is -0.439. The van der Waals surface area contributed by atoms with Gasteiger partial charge in [-0.25, -0.2) is 9.78 Å². The van der Waals surface area contributed by atoms with Gasteiger partial charge in [0.2, 0.25) is 0 Å². The molecule has 0 aliphatic carbocycles. The van der Waals surface area contributed by atoms with Crippen molar-refractivity contribution in [3.05, 3.63) is 34.1 Å². The molecule has 0 saturated carbocycles. The van der Waals surface area contributed by atoms with Crippen molar-refractivity contribution < 1.29 is 4.42 Å². The number of hydrogen-bond donors (Lipinski definition) is 2. The lowest BCUT2D eigenvalue weighted by Crippen LogP contribution is -1.92. The summed E-state index contributed by atoms with van der Waals surface area (Å²) in [6, 6.07) is 5.50. The number of benzene rings is 1. The van der Waals surface area contributed by atoms with Gasteiger partial charge in [0.15, 0.2) is 10.7 Å². The fraction of sp³-hybridized carbons (Fsp3) is 0.0909. The van der Waals surface area contributed by atoms with E-state index in [2.05, 4.69) is 15.3 Å². The van der Waals surface area contributed by atoms with Crippen LogP contribution in [0.5, 0.6) is 0 Å². The van der Waals surface area contributed by atoms with E-state index in [-0.39, 0.29) is 0 Å². The molecule has 0 unspecified atom stereocenters. The van der Waals surface area contributed by atoms with Crippen molar-refractivity contribution in [3.63, 3.8) is 0 Å². The molecule has 5 nitrogen and oxygen atoms in total. The van der Waals surface area contributed by atoms with Gasteiger partial charge in [0.05, 0.1) is 11.2 Å². The predicted molar refractivity (Wildman–Crippen MR) is 67.5 cm³/mol. The molecule has 3 rings (SSSR count). The van der Waals surface area contributed by atoms with Crippen LogP contribution in [0.1, 0.15) is 0 Å². The molecular formula is C11H9N3O2S. The van der Waals surface area contributed by atoms with Crippen LogP contribution >= 0.6 is 11.3 Å². The Hall–Kier alpha value is -2.08. The Morgan fingerprint density at radius 2 is 2.35 bits per heavy atom. The Bertz CT molecular complexity index is 725. The number of nitrogens with one attached hydrogen (secondary N) is 2. The molecule has 0 radical (unpaired) electrons. The minimum Gasteiger partial charge on any atom is -0.408 e. The Morgan fingerprint density at radius 3 is 3.12 bits per heavy atom. The third kappa shape index (κ3) is 1.72. The van der Waals surface area contributed by atoms with E-state index in [1.54, 1.807) is 6.07 Å². The topological polar surface area (TPSA) is 70.9 Å². The number of anilines is 1. The molecule has 0 fully saturated rings. The first-order valence-electron chi connectivity index (χ1n) is 5.03. The van der Waals surface area contributed by atoms with Crippen LogP contribution in [-0.2, 0) is 0 Å². The number of H-pyrrole nitrogens is 1. The lowest BCUT2D eigenvalue weighted by atomic mass is 10.1. The van der Waals surface area contributed by atoms with E-state index in [9.17, 15) is 4.79 Å². The van der Waals surface area contributed by atoms with Crippen LogP contribution in [0.25, 0.3) is 22.4 Å². The number of oxazole rings is 1. The quantitative estimate of drug-likeness (QED) is 0.728. The second-order valence-electron chi connectivity index (χ2n) is 3.51. The molecule has 0 spiro atoms.